The molecule has 0 bridgehead atoms. The summed E-state index contributed by atoms with van der Waals surface area (Å²) in [6, 6.07) is 3.69. The van der Waals surface area contributed by atoms with Crippen LogP contribution in [0.15, 0.2) is 24.4 Å². The zero-order valence-corrected chi connectivity index (χ0v) is 17.9. The Morgan fingerprint density at radius 3 is 2.80 bits per heavy atom. The van der Waals surface area contributed by atoms with Gasteiger partial charge in [0.05, 0.1) is 28.5 Å². The molecule has 1 aliphatic rings. The molecule has 2 amide bonds. The predicted molar refractivity (Wildman–Crippen MR) is 111 cm³/mol. The number of halogens is 2. The van der Waals surface area contributed by atoms with Gasteiger partial charge in [0.1, 0.15) is 11.6 Å². The molecule has 2 heterocycles. The Balaban J connectivity index is 1.75. The van der Waals surface area contributed by atoms with Crippen molar-refractivity contribution in [2.45, 2.75) is 39.2 Å². The highest BCUT2D eigenvalue weighted by Crippen LogP contribution is 2.32. The summed E-state index contributed by atoms with van der Waals surface area (Å²) in [4.78, 5) is 29.2. The van der Waals surface area contributed by atoms with E-state index in [-0.39, 0.29) is 29.5 Å². The average molecular weight is 437 g/mol. The minimum atomic E-state index is -0.545. The maximum absolute atomic E-state index is 13.3. The van der Waals surface area contributed by atoms with E-state index in [4.69, 9.17) is 16.3 Å². The summed E-state index contributed by atoms with van der Waals surface area (Å²) < 4.78 is 18.8. The van der Waals surface area contributed by atoms with E-state index < -0.39 is 5.82 Å². The van der Waals surface area contributed by atoms with E-state index in [2.05, 4.69) is 10.2 Å². The summed E-state index contributed by atoms with van der Waals surface area (Å²) in [5.74, 6) is -0.534. The summed E-state index contributed by atoms with van der Waals surface area (Å²) in [7, 11) is 0. The van der Waals surface area contributed by atoms with E-state index in [0.717, 1.165) is 19.3 Å². The van der Waals surface area contributed by atoms with E-state index in [1.807, 2.05) is 13.8 Å². The molecule has 1 saturated heterocycles. The number of amides is 2. The Hall–Kier alpha value is -2.61. The van der Waals surface area contributed by atoms with Crippen LogP contribution in [0.5, 0.6) is 5.75 Å². The Kier molecular flexibility index (Phi) is 7.31. The molecule has 162 valence electrons. The number of carbonyl (C=O) groups is 2. The van der Waals surface area contributed by atoms with Crippen LogP contribution in [0.1, 0.15) is 55.2 Å². The van der Waals surface area contributed by atoms with Crippen LogP contribution in [0.25, 0.3) is 0 Å². The molecule has 2 aromatic rings. The third-order valence-corrected chi connectivity index (χ3v) is 5.65. The normalized spacial score (nSPS) is 16.4. The van der Waals surface area contributed by atoms with Crippen molar-refractivity contribution in [3.8, 4) is 5.75 Å². The second-order valence-electron chi connectivity index (χ2n) is 7.14. The Bertz CT molecular complexity index is 900. The summed E-state index contributed by atoms with van der Waals surface area (Å²) in [5, 5.41) is 6.96. The highest BCUT2D eigenvalue weighted by Gasteiger charge is 2.33. The molecule has 1 aliphatic heterocycles. The molecular formula is C21H26ClFN4O3. The first-order valence-electron chi connectivity index (χ1n) is 10.2. The molecule has 30 heavy (non-hydrogen) atoms. The lowest BCUT2D eigenvalue weighted by Gasteiger charge is -2.35. The molecule has 0 spiro atoms. The number of hydrogen-bond acceptors (Lipinski definition) is 4. The maximum atomic E-state index is 13.3. The van der Waals surface area contributed by atoms with E-state index in [1.54, 1.807) is 9.80 Å². The minimum Gasteiger partial charge on any atom is -0.484 e. The van der Waals surface area contributed by atoms with Crippen LogP contribution in [0, 0.1) is 5.82 Å². The van der Waals surface area contributed by atoms with Crippen molar-refractivity contribution < 1.29 is 18.7 Å². The second kappa shape index (κ2) is 9.93. The molecule has 1 atom stereocenters. The third-order valence-electron chi connectivity index (χ3n) is 5.36. The van der Waals surface area contributed by atoms with E-state index in [9.17, 15) is 14.0 Å². The van der Waals surface area contributed by atoms with Gasteiger partial charge in [-0.3, -0.25) is 14.7 Å². The van der Waals surface area contributed by atoms with E-state index in [0.29, 0.717) is 36.6 Å². The fraction of sp³-hybridized carbons (Fsp3) is 0.476. The summed E-state index contributed by atoms with van der Waals surface area (Å²) >= 11 is 5.77. The van der Waals surface area contributed by atoms with Gasteiger partial charge >= 0.3 is 0 Å². The van der Waals surface area contributed by atoms with Crippen LogP contribution in [-0.2, 0) is 4.79 Å². The molecule has 0 aliphatic carbocycles. The van der Waals surface area contributed by atoms with Gasteiger partial charge in [0, 0.05) is 25.7 Å². The van der Waals surface area contributed by atoms with Crippen molar-refractivity contribution in [2.75, 3.05) is 26.2 Å². The SMILES string of the molecule is CCN(CC)C(=O)c1cn[nH]c1C1CCCCN1C(=O)COc1ccc(F)c(Cl)c1. The molecule has 1 unspecified atom stereocenters. The number of carbonyl (C=O) groups excluding carboxylic acids is 2. The van der Waals surface area contributed by atoms with Crippen molar-refractivity contribution in [3.05, 3.63) is 46.5 Å². The van der Waals surface area contributed by atoms with Gasteiger partial charge in [-0.1, -0.05) is 11.6 Å². The highest BCUT2D eigenvalue weighted by molar-refractivity contribution is 6.30. The minimum absolute atomic E-state index is 0.0622. The van der Waals surface area contributed by atoms with Crippen LogP contribution < -0.4 is 4.74 Å². The zero-order valence-electron chi connectivity index (χ0n) is 17.2. The number of nitrogens with one attached hydrogen (secondary N) is 1. The first-order chi connectivity index (χ1) is 14.5. The highest BCUT2D eigenvalue weighted by atomic mass is 35.5. The lowest BCUT2D eigenvalue weighted by Crippen LogP contribution is -2.42. The molecule has 0 saturated carbocycles. The number of nitrogens with zero attached hydrogens (tertiary/aromatic N) is 3. The largest absolute Gasteiger partial charge is 0.484 e. The van der Waals surface area contributed by atoms with Gasteiger partial charge in [-0.2, -0.15) is 5.10 Å². The second-order valence-corrected chi connectivity index (χ2v) is 7.55. The lowest BCUT2D eigenvalue weighted by atomic mass is 9.96. The number of benzene rings is 1. The monoisotopic (exact) mass is 436 g/mol. The summed E-state index contributed by atoms with van der Waals surface area (Å²) in [6.45, 7) is 5.41. The van der Waals surface area contributed by atoms with Crippen molar-refractivity contribution in [2.24, 2.45) is 0 Å². The number of rotatable bonds is 7. The van der Waals surface area contributed by atoms with Crippen LogP contribution >= 0.6 is 11.6 Å². The molecule has 0 radical (unpaired) electrons. The molecule has 3 rings (SSSR count). The average Bonchev–Trinajstić information content (AvgIpc) is 3.25. The van der Waals surface area contributed by atoms with Gasteiger partial charge < -0.3 is 14.5 Å². The lowest BCUT2D eigenvalue weighted by molar-refractivity contribution is -0.137. The number of H-pyrrole nitrogens is 1. The topological polar surface area (TPSA) is 78.5 Å². The molecule has 1 N–H and O–H groups in total. The van der Waals surface area contributed by atoms with Crippen LogP contribution in [-0.4, -0.2) is 58.1 Å². The van der Waals surface area contributed by atoms with Gasteiger partial charge in [0.25, 0.3) is 11.8 Å². The van der Waals surface area contributed by atoms with Crippen molar-refractivity contribution in [1.29, 1.82) is 0 Å². The predicted octanol–water partition coefficient (Wildman–Crippen LogP) is 3.82. The number of likely N-dealkylation sites (tertiary alicyclic amines) is 1. The third kappa shape index (κ3) is 4.75. The van der Waals surface area contributed by atoms with Crippen LogP contribution in [0.4, 0.5) is 4.39 Å². The van der Waals surface area contributed by atoms with Crippen molar-refractivity contribution in [3.63, 3.8) is 0 Å². The van der Waals surface area contributed by atoms with Crippen molar-refractivity contribution >= 4 is 23.4 Å². The molecule has 7 nitrogen and oxygen atoms in total. The Labute approximate surface area is 180 Å². The van der Waals surface area contributed by atoms with E-state index >= 15 is 0 Å². The van der Waals surface area contributed by atoms with Gasteiger partial charge in [-0.25, -0.2) is 4.39 Å². The molecule has 1 aromatic heterocycles. The Morgan fingerprint density at radius 1 is 1.33 bits per heavy atom. The van der Waals surface area contributed by atoms with Gasteiger partial charge in [-0.15, -0.1) is 0 Å². The number of ether oxygens (including phenoxy) is 1. The molecule has 1 aromatic carbocycles. The first kappa shape index (κ1) is 22.1. The van der Waals surface area contributed by atoms with Gasteiger partial charge in [0.2, 0.25) is 0 Å². The van der Waals surface area contributed by atoms with Crippen LogP contribution in [0.3, 0.4) is 0 Å². The standard InChI is InChI=1S/C21H26ClFN4O3/c1-3-26(4-2)21(29)15-12-24-25-20(15)18-7-5-6-10-27(18)19(28)13-30-14-8-9-17(23)16(22)11-14/h8-9,11-12,18H,3-7,10,13H2,1-2H3,(H,24,25). The fourth-order valence-corrected chi connectivity index (χ4v) is 3.90. The number of aromatic amines is 1. The number of aromatic nitrogens is 2. The fourth-order valence-electron chi connectivity index (χ4n) is 3.73. The summed E-state index contributed by atoms with van der Waals surface area (Å²) in [6.07, 6.45) is 4.08. The summed E-state index contributed by atoms with van der Waals surface area (Å²) in [5.41, 5.74) is 1.15. The Morgan fingerprint density at radius 2 is 2.10 bits per heavy atom. The van der Waals surface area contributed by atoms with E-state index in [1.165, 1.54) is 24.4 Å². The molecular weight excluding hydrogens is 411 g/mol. The molecule has 9 heteroatoms. The molecule has 1 fully saturated rings. The van der Waals surface area contributed by atoms with Gasteiger partial charge in [-0.05, 0) is 45.2 Å². The van der Waals surface area contributed by atoms with Crippen LogP contribution in [0.2, 0.25) is 5.02 Å². The van der Waals surface area contributed by atoms with Gasteiger partial charge in [0.15, 0.2) is 6.61 Å². The smallest absolute Gasteiger partial charge is 0.261 e. The number of piperidine rings is 1. The maximum Gasteiger partial charge on any atom is 0.261 e. The van der Waals surface area contributed by atoms with Crippen molar-refractivity contribution in [1.82, 2.24) is 20.0 Å². The quantitative estimate of drug-likeness (QED) is 0.715. The first-order valence-corrected chi connectivity index (χ1v) is 10.5. The number of hydrogen-bond donors (Lipinski definition) is 1. The zero-order chi connectivity index (χ0) is 21.7.